The van der Waals surface area contributed by atoms with Crippen molar-refractivity contribution in [3.63, 3.8) is 0 Å². The average molecular weight is 158 g/mol. The topological polar surface area (TPSA) is 9.23 Å². The van der Waals surface area contributed by atoms with Gasteiger partial charge in [0.25, 0.3) is 0 Å². The molecule has 1 heterocycles. The molecule has 1 saturated heterocycles. The van der Waals surface area contributed by atoms with E-state index in [1.807, 2.05) is 0 Å². The summed E-state index contributed by atoms with van der Waals surface area (Å²) in [5.74, 6) is 0. The van der Waals surface area contributed by atoms with Crippen LogP contribution < -0.4 is 0 Å². The van der Waals surface area contributed by atoms with Gasteiger partial charge in [-0.2, -0.15) is 0 Å². The van der Waals surface area contributed by atoms with Crippen molar-refractivity contribution in [2.24, 2.45) is 0 Å². The van der Waals surface area contributed by atoms with Crippen LogP contribution in [0.1, 0.15) is 20.3 Å². The molecule has 0 radical (unpaired) electrons. The molecule has 1 fully saturated rings. The number of hydrogen-bond donors (Lipinski definition) is 0. The number of likely N-dealkylation sites (N-methyl/N-ethyl adjacent to an activating group) is 1. The van der Waals surface area contributed by atoms with E-state index < -0.39 is 0 Å². The molecule has 1 rings (SSSR count). The Kier molecular flexibility index (Phi) is 2.55. The predicted molar refractivity (Wildman–Crippen MR) is 46.5 cm³/mol. The van der Waals surface area contributed by atoms with E-state index >= 15 is 0 Å². The van der Waals surface area contributed by atoms with Gasteiger partial charge in [-0.15, -0.1) is 0 Å². The molecule has 0 spiro atoms. The molecule has 2 atom stereocenters. The largest absolute Gasteiger partial charge is 0.364 e. The Morgan fingerprint density at radius 1 is 1.36 bits per heavy atom. The summed E-state index contributed by atoms with van der Waals surface area (Å²) in [4.78, 5) is 0. The summed E-state index contributed by atoms with van der Waals surface area (Å²) in [6.07, 6.45) is 2.06. The van der Waals surface area contributed by atoms with Crippen molar-refractivity contribution in [2.45, 2.75) is 32.5 Å². The maximum Gasteiger partial charge on any atom is 0.107 e. The third-order valence-corrected chi connectivity index (χ3v) is 2.33. The zero-order valence-corrected chi connectivity index (χ0v) is 8.13. The van der Waals surface area contributed by atoms with Crippen LogP contribution in [0.5, 0.6) is 0 Å². The van der Waals surface area contributed by atoms with Crippen LogP contribution in [-0.4, -0.2) is 43.9 Å². The molecule has 1 aliphatic heterocycles. The second-order valence-corrected chi connectivity index (χ2v) is 4.28. The highest BCUT2D eigenvalue weighted by molar-refractivity contribution is 4.63. The summed E-state index contributed by atoms with van der Waals surface area (Å²) >= 11 is 0. The SMILES string of the molecule is CCC1C[N+](C)(C)CC(C)O1. The van der Waals surface area contributed by atoms with E-state index in [-0.39, 0.29) is 0 Å². The van der Waals surface area contributed by atoms with Gasteiger partial charge in [0.15, 0.2) is 0 Å². The Morgan fingerprint density at radius 3 is 2.45 bits per heavy atom. The van der Waals surface area contributed by atoms with Crippen molar-refractivity contribution in [2.75, 3.05) is 27.2 Å². The summed E-state index contributed by atoms with van der Waals surface area (Å²) in [6, 6.07) is 0. The van der Waals surface area contributed by atoms with Gasteiger partial charge in [-0.1, -0.05) is 6.92 Å². The number of rotatable bonds is 1. The fourth-order valence-electron chi connectivity index (χ4n) is 1.96. The van der Waals surface area contributed by atoms with Crippen LogP contribution in [0, 0.1) is 0 Å². The van der Waals surface area contributed by atoms with Gasteiger partial charge in [0.1, 0.15) is 25.3 Å². The molecule has 1 aliphatic rings. The minimum absolute atomic E-state index is 0.434. The van der Waals surface area contributed by atoms with Crippen molar-refractivity contribution in [1.29, 1.82) is 0 Å². The van der Waals surface area contributed by atoms with E-state index in [1.54, 1.807) is 0 Å². The minimum atomic E-state index is 0.434. The van der Waals surface area contributed by atoms with Crippen LogP contribution in [0.2, 0.25) is 0 Å². The van der Waals surface area contributed by atoms with Crippen LogP contribution >= 0.6 is 0 Å². The summed E-state index contributed by atoms with van der Waals surface area (Å²) < 4.78 is 6.87. The second kappa shape index (κ2) is 3.11. The van der Waals surface area contributed by atoms with E-state index in [4.69, 9.17) is 4.74 Å². The van der Waals surface area contributed by atoms with Crippen molar-refractivity contribution in [1.82, 2.24) is 0 Å². The van der Waals surface area contributed by atoms with Crippen LogP contribution in [-0.2, 0) is 4.74 Å². The average Bonchev–Trinajstić information content (AvgIpc) is 1.83. The molecule has 0 aromatic heterocycles. The molecule has 0 amide bonds. The van der Waals surface area contributed by atoms with Gasteiger partial charge in [0.2, 0.25) is 0 Å². The number of nitrogens with zero attached hydrogens (tertiary/aromatic N) is 1. The Bertz CT molecular complexity index is 134. The third-order valence-electron chi connectivity index (χ3n) is 2.33. The van der Waals surface area contributed by atoms with Gasteiger partial charge in [-0.3, -0.25) is 0 Å². The van der Waals surface area contributed by atoms with Gasteiger partial charge >= 0.3 is 0 Å². The standard InChI is InChI=1S/C9H20NO/c1-5-9-7-10(3,4)6-8(2)11-9/h8-9H,5-7H2,1-4H3/q+1. The maximum atomic E-state index is 5.76. The predicted octanol–water partition coefficient (Wildman–Crippen LogP) is 1.26. The lowest BCUT2D eigenvalue weighted by Gasteiger charge is -2.40. The van der Waals surface area contributed by atoms with Crippen LogP contribution in [0.15, 0.2) is 0 Å². The Balaban J connectivity index is 2.51. The van der Waals surface area contributed by atoms with Crippen molar-refractivity contribution < 1.29 is 9.22 Å². The normalized spacial score (nSPS) is 37.1. The first-order valence-electron chi connectivity index (χ1n) is 4.51. The maximum absolute atomic E-state index is 5.76. The molecule has 2 unspecified atom stereocenters. The monoisotopic (exact) mass is 158 g/mol. The van der Waals surface area contributed by atoms with Crippen LogP contribution in [0.25, 0.3) is 0 Å². The lowest BCUT2D eigenvalue weighted by molar-refractivity contribution is -0.905. The van der Waals surface area contributed by atoms with E-state index in [1.165, 1.54) is 6.54 Å². The van der Waals surface area contributed by atoms with Crippen LogP contribution in [0.4, 0.5) is 0 Å². The van der Waals surface area contributed by atoms with Gasteiger partial charge < -0.3 is 9.22 Å². The Hall–Kier alpha value is -0.0800. The summed E-state index contributed by atoms with van der Waals surface area (Å²) in [5.41, 5.74) is 0. The molecule has 0 bridgehead atoms. The summed E-state index contributed by atoms with van der Waals surface area (Å²) in [6.45, 7) is 6.68. The van der Waals surface area contributed by atoms with Crippen molar-refractivity contribution >= 4 is 0 Å². The second-order valence-electron chi connectivity index (χ2n) is 4.28. The Labute approximate surface area is 69.7 Å². The summed E-state index contributed by atoms with van der Waals surface area (Å²) in [5, 5.41) is 0. The van der Waals surface area contributed by atoms with Crippen molar-refractivity contribution in [3.05, 3.63) is 0 Å². The number of hydrogen-bond acceptors (Lipinski definition) is 1. The van der Waals surface area contributed by atoms with E-state index in [2.05, 4.69) is 27.9 Å². The molecule has 0 aliphatic carbocycles. The smallest absolute Gasteiger partial charge is 0.107 e. The third kappa shape index (κ3) is 2.46. The summed E-state index contributed by atoms with van der Waals surface area (Å²) in [7, 11) is 4.56. The highest BCUT2D eigenvalue weighted by atomic mass is 16.5. The zero-order valence-electron chi connectivity index (χ0n) is 8.13. The highest BCUT2D eigenvalue weighted by Gasteiger charge is 2.31. The molecule has 66 valence electrons. The molecule has 2 heteroatoms. The fourth-order valence-corrected chi connectivity index (χ4v) is 1.96. The zero-order chi connectivity index (χ0) is 8.48. The van der Waals surface area contributed by atoms with Gasteiger partial charge in [0.05, 0.1) is 14.1 Å². The van der Waals surface area contributed by atoms with Gasteiger partial charge in [-0.25, -0.2) is 0 Å². The van der Waals surface area contributed by atoms with E-state index in [0.29, 0.717) is 12.2 Å². The molecular formula is C9H20NO+. The van der Waals surface area contributed by atoms with E-state index in [9.17, 15) is 0 Å². The molecular weight excluding hydrogens is 138 g/mol. The molecule has 2 nitrogen and oxygen atoms in total. The highest BCUT2D eigenvalue weighted by Crippen LogP contribution is 2.16. The quantitative estimate of drug-likeness (QED) is 0.522. The van der Waals surface area contributed by atoms with Gasteiger partial charge in [-0.05, 0) is 13.3 Å². The first-order valence-corrected chi connectivity index (χ1v) is 4.51. The first kappa shape index (κ1) is 9.01. The number of morpholine rings is 1. The number of quaternary nitrogens is 1. The molecule has 0 aromatic rings. The lowest BCUT2D eigenvalue weighted by Crippen LogP contribution is -2.55. The number of ether oxygens (including phenoxy) is 1. The molecule has 0 N–H and O–H groups in total. The first-order chi connectivity index (χ1) is 5.03. The molecule has 0 aromatic carbocycles. The fraction of sp³-hybridized carbons (Fsp3) is 1.00. The van der Waals surface area contributed by atoms with Crippen LogP contribution in [0.3, 0.4) is 0 Å². The lowest BCUT2D eigenvalue weighted by atomic mass is 10.1. The van der Waals surface area contributed by atoms with Gasteiger partial charge in [0, 0.05) is 0 Å². The Morgan fingerprint density at radius 2 is 2.00 bits per heavy atom. The molecule has 11 heavy (non-hydrogen) atoms. The van der Waals surface area contributed by atoms with Crippen molar-refractivity contribution in [3.8, 4) is 0 Å². The van der Waals surface area contributed by atoms with E-state index in [0.717, 1.165) is 17.4 Å². The molecule has 0 saturated carbocycles. The minimum Gasteiger partial charge on any atom is -0.364 e.